The van der Waals surface area contributed by atoms with Gasteiger partial charge in [-0.3, -0.25) is 0 Å². The fourth-order valence-electron chi connectivity index (χ4n) is 1.54. The van der Waals surface area contributed by atoms with Crippen molar-refractivity contribution in [2.75, 3.05) is 12.3 Å². The first-order valence-electron chi connectivity index (χ1n) is 4.16. The highest BCUT2D eigenvalue weighted by Gasteiger charge is 2.21. The van der Waals surface area contributed by atoms with Crippen molar-refractivity contribution >= 4 is 28.3 Å². The van der Waals surface area contributed by atoms with Crippen molar-refractivity contribution in [3.63, 3.8) is 0 Å². The molecule has 4 heteroatoms. The van der Waals surface area contributed by atoms with Crippen molar-refractivity contribution in [2.45, 2.75) is 12.5 Å². The molecule has 0 bridgehead atoms. The van der Waals surface area contributed by atoms with Crippen molar-refractivity contribution in [3.05, 3.63) is 21.3 Å². The lowest BCUT2D eigenvalue weighted by molar-refractivity contribution is 0.269. The number of benzene rings is 1. The van der Waals surface area contributed by atoms with Gasteiger partial charge in [0.05, 0.1) is 12.3 Å². The smallest absolute Gasteiger partial charge is 0.126 e. The van der Waals surface area contributed by atoms with E-state index in [0.29, 0.717) is 6.61 Å². The Hall–Kier alpha value is -0.490. The van der Waals surface area contributed by atoms with Crippen LogP contribution in [0.25, 0.3) is 0 Å². The second kappa shape index (κ2) is 3.34. The molecule has 0 saturated carbocycles. The molecule has 0 unspecified atom stereocenters. The van der Waals surface area contributed by atoms with E-state index in [1.165, 1.54) is 0 Å². The summed E-state index contributed by atoms with van der Waals surface area (Å²) in [6, 6.07) is 3.91. The Bertz CT molecular complexity index is 341. The van der Waals surface area contributed by atoms with E-state index in [9.17, 15) is 0 Å². The lowest BCUT2D eigenvalue weighted by atomic mass is 10.00. The first-order valence-corrected chi connectivity index (χ1v) is 5.24. The predicted octanol–water partition coefficient (Wildman–Crippen LogP) is 1.66. The Kier molecular flexibility index (Phi) is 2.33. The molecule has 0 fully saturated rings. The molecule has 0 spiro atoms. The molecule has 4 N–H and O–H groups in total. The zero-order chi connectivity index (χ0) is 9.42. The maximum atomic E-state index is 5.95. The summed E-state index contributed by atoms with van der Waals surface area (Å²) in [6.07, 6.45) is 0.845. The first kappa shape index (κ1) is 9.08. The van der Waals surface area contributed by atoms with Crippen LogP contribution in [-0.4, -0.2) is 6.61 Å². The molecule has 1 atom stereocenters. The molecule has 0 radical (unpaired) electrons. The van der Waals surface area contributed by atoms with Crippen molar-refractivity contribution in [1.82, 2.24) is 0 Å². The average Bonchev–Trinajstić information content (AvgIpc) is 2.12. The molecule has 1 aliphatic heterocycles. The number of halogens is 1. The Labute approximate surface area is 90.6 Å². The van der Waals surface area contributed by atoms with Gasteiger partial charge in [0.2, 0.25) is 0 Å². The quantitative estimate of drug-likeness (QED) is 0.564. The van der Waals surface area contributed by atoms with Crippen LogP contribution in [0.15, 0.2) is 12.1 Å². The molecule has 1 heterocycles. The Morgan fingerprint density at radius 1 is 1.46 bits per heavy atom. The third-order valence-corrected chi connectivity index (χ3v) is 3.19. The highest BCUT2D eigenvalue weighted by atomic mass is 127. The maximum absolute atomic E-state index is 5.95. The molecular weight excluding hydrogens is 279 g/mol. The Balaban J connectivity index is 2.58. The van der Waals surface area contributed by atoms with Crippen LogP contribution in [0.1, 0.15) is 18.0 Å². The van der Waals surface area contributed by atoms with Gasteiger partial charge < -0.3 is 16.2 Å². The molecule has 2 rings (SSSR count). The lowest BCUT2D eigenvalue weighted by Crippen LogP contribution is -2.22. The van der Waals surface area contributed by atoms with E-state index in [1.54, 1.807) is 0 Å². The van der Waals surface area contributed by atoms with Gasteiger partial charge in [-0.2, -0.15) is 0 Å². The van der Waals surface area contributed by atoms with Crippen LogP contribution in [0.4, 0.5) is 5.69 Å². The molecule has 70 valence electrons. The predicted molar refractivity (Wildman–Crippen MR) is 60.6 cm³/mol. The van der Waals surface area contributed by atoms with E-state index in [2.05, 4.69) is 22.6 Å². The van der Waals surface area contributed by atoms with Gasteiger partial charge in [0.15, 0.2) is 0 Å². The van der Waals surface area contributed by atoms with Gasteiger partial charge in [0, 0.05) is 21.6 Å². The summed E-state index contributed by atoms with van der Waals surface area (Å²) in [7, 11) is 0. The zero-order valence-corrected chi connectivity index (χ0v) is 9.24. The van der Waals surface area contributed by atoms with Gasteiger partial charge in [0.1, 0.15) is 5.75 Å². The zero-order valence-electron chi connectivity index (χ0n) is 7.09. The molecule has 1 aliphatic rings. The van der Waals surface area contributed by atoms with E-state index in [1.807, 2.05) is 12.1 Å². The summed E-state index contributed by atoms with van der Waals surface area (Å²) in [5, 5.41) is 0. The lowest BCUT2D eigenvalue weighted by Gasteiger charge is -2.24. The molecule has 1 aromatic carbocycles. The van der Waals surface area contributed by atoms with Crippen molar-refractivity contribution in [3.8, 4) is 5.75 Å². The van der Waals surface area contributed by atoms with E-state index in [-0.39, 0.29) is 6.04 Å². The van der Waals surface area contributed by atoms with Gasteiger partial charge in [0.25, 0.3) is 0 Å². The number of hydrogen-bond donors (Lipinski definition) is 2. The third-order valence-electron chi connectivity index (χ3n) is 2.25. The number of fused-ring (bicyclic) bond motifs is 1. The molecule has 0 saturated heterocycles. The first-order chi connectivity index (χ1) is 6.20. The fourth-order valence-corrected chi connectivity index (χ4v) is 2.01. The number of anilines is 1. The van der Waals surface area contributed by atoms with E-state index in [0.717, 1.165) is 27.0 Å². The van der Waals surface area contributed by atoms with Crippen molar-refractivity contribution in [1.29, 1.82) is 0 Å². The van der Waals surface area contributed by atoms with Gasteiger partial charge in [-0.05, 0) is 34.7 Å². The van der Waals surface area contributed by atoms with Crippen LogP contribution >= 0.6 is 22.6 Å². The van der Waals surface area contributed by atoms with Crippen LogP contribution in [-0.2, 0) is 0 Å². The molecule has 1 aromatic rings. The summed E-state index contributed by atoms with van der Waals surface area (Å²) >= 11 is 2.20. The molecule has 3 nitrogen and oxygen atoms in total. The average molecular weight is 290 g/mol. The largest absolute Gasteiger partial charge is 0.493 e. The summed E-state index contributed by atoms with van der Waals surface area (Å²) < 4.78 is 6.51. The molecule has 13 heavy (non-hydrogen) atoms. The van der Waals surface area contributed by atoms with Crippen molar-refractivity contribution < 1.29 is 4.74 Å². The van der Waals surface area contributed by atoms with Crippen LogP contribution < -0.4 is 16.2 Å². The van der Waals surface area contributed by atoms with Crippen LogP contribution in [0, 0.1) is 3.57 Å². The maximum Gasteiger partial charge on any atom is 0.126 e. The van der Waals surface area contributed by atoms with E-state index < -0.39 is 0 Å². The van der Waals surface area contributed by atoms with Gasteiger partial charge in [-0.25, -0.2) is 0 Å². The number of rotatable bonds is 0. The minimum Gasteiger partial charge on any atom is -0.493 e. The van der Waals surface area contributed by atoms with Crippen LogP contribution in [0.3, 0.4) is 0 Å². The number of nitrogen functional groups attached to an aromatic ring is 1. The minimum atomic E-state index is 0.0264. The summed E-state index contributed by atoms with van der Waals surface area (Å²) in [5.41, 5.74) is 13.6. The highest BCUT2D eigenvalue weighted by Crippen LogP contribution is 2.37. The van der Waals surface area contributed by atoms with Gasteiger partial charge in [-0.1, -0.05) is 0 Å². The molecule has 0 aliphatic carbocycles. The summed E-state index contributed by atoms with van der Waals surface area (Å²) in [6.45, 7) is 0.689. The topological polar surface area (TPSA) is 61.3 Å². The van der Waals surface area contributed by atoms with E-state index >= 15 is 0 Å². The van der Waals surface area contributed by atoms with Gasteiger partial charge in [-0.15, -0.1) is 0 Å². The Morgan fingerprint density at radius 3 is 3.00 bits per heavy atom. The molecule has 0 amide bonds. The second-order valence-corrected chi connectivity index (χ2v) is 4.28. The second-order valence-electron chi connectivity index (χ2n) is 3.12. The SMILES string of the molecule is Nc1c(I)ccc2c1[C@@H](N)CCO2. The fraction of sp³-hybridized carbons (Fsp3) is 0.333. The van der Waals surface area contributed by atoms with Crippen LogP contribution in [0.5, 0.6) is 5.75 Å². The van der Waals surface area contributed by atoms with Crippen LogP contribution in [0.2, 0.25) is 0 Å². The monoisotopic (exact) mass is 290 g/mol. The third kappa shape index (κ3) is 1.48. The van der Waals surface area contributed by atoms with E-state index in [4.69, 9.17) is 16.2 Å². The summed E-state index contributed by atoms with van der Waals surface area (Å²) in [5.74, 6) is 0.844. The minimum absolute atomic E-state index is 0.0264. The van der Waals surface area contributed by atoms with Crippen molar-refractivity contribution in [2.24, 2.45) is 5.73 Å². The molecular formula is C9H11IN2O. The number of nitrogens with two attached hydrogens (primary N) is 2. The van der Waals surface area contributed by atoms with Gasteiger partial charge >= 0.3 is 0 Å². The number of hydrogen-bond acceptors (Lipinski definition) is 3. The Morgan fingerprint density at radius 2 is 2.23 bits per heavy atom. The standard InChI is InChI=1S/C9H11IN2O/c10-5-1-2-7-8(9(5)12)6(11)3-4-13-7/h1-2,6H,3-4,11-12H2/t6-/m0/s1. The number of ether oxygens (including phenoxy) is 1. The highest BCUT2D eigenvalue weighted by molar-refractivity contribution is 14.1. The normalized spacial score (nSPS) is 20.6. The summed E-state index contributed by atoms with van der Waals surface area (Å²) in [4.78, 5) is 0. The molecule has 0 aromatic heterocycles.